The van der Waals surface area contributed by atoms with Gasteiger partial charge in [0.05, 0.1) is 37.3 Å². The second-order valence-corrected chi connectivity index (χ2v) is 15.5. The van der Waals surface area contributed by atoms with Crippen LogP contribution in [0.1, 0.15) is 79.1 Å². The molecule has 0 aromatic rings. The molecule has 1 unspecified atom stereocenters. The van der Waals surface area contributed by atoms with Crippen LogP contribution in [0.2, 0.25) is 0 Å². The number of fused-ring (bicyclic) bond motifs is 7. The fraction of sp³-hybridized carbons (Fsp3) is 0.939. The minimum absolute atomic E-state index is 0.0407. The van der Waals surface area contributed by atoms with E-state index in [4.69, 9.17) is 14.2 Å². The zero-order valence-corrected chi connectivity index (χ0v) is 26.1. The van der Waals surface area contributed by atoms with Gasteiger partial charge in [-0.15, -0.1) is 0 Å². The van der Waals surface area contributed by atoms with Crippen LogP contribution < -0.4 is 0 Å². The Labute approximate surface area is 255 Å². The van der Waals surface area contributed by atoms with Crippen molar-refractivity contribution in [1.82, 2.24) is 0 Å². The van der Waals surface area contributed by atoms with Gasteiger partial charge in [-0.2, -0.15) is 0 Å². The first kappa shape index (κ1) is 32.1. The van der Waals surface area contributed by atoms with Crippen molar-refractivity contribution in [2.75, 3.05) is 13.2 Å². The van der Waals surface area contributed by atoms with Crippen molar-refractivity contribution in [2.45, 2.75) is 134 Å². The van der Waals surface area contributed by atoms with Gasteiger partial charge in [-0.1, -0.05) is 20.8 Å². The highest BCUT2D eigenvalue weighted by Crippen LogP contribution is 2.69. The van der Waals surface area contributed by atoms with E-state index in [0.717, 1.165) is 44.3 Å². The Morgan fingerprint density at radius 2 is 1.72 bits per heavy atom. The van der Waals surface area contributed by atoms with E-state index in [1.165, 1.54) is 5.57 Å². The standard InChI is InChI=1S/C33H54O10/c1-15(14-41-31-30(40)29(39)28(38)24(13-34)43-31)5-8-22-16(2)26-23(42-22)11-20-19-7-6-17-9-18(35)10-25(37)33(17,4)27(19)21(36)12-32(20,26)3/h15,17-21,23-31,34-40H,5-14H2,1-4H3/t15-,17-,18-,19+,20+,21-,23?,24-,25-,26+,27-,28-,29+,30-,31-,32+,33-/m1/s1. The maximum atomic E-state index is 11.8. The van der Waals surface area contributed by atoms with Gasteiger partial charge in [0, 0.05) is 17.8 Å². The molecule has 2 heterocycles. The molecule has 1 saturated heterocycles. The van der Waals surface area contributed by atoms with Crippen molar-refractivity contribution in [1.29, 1.82) is 0 Å². The number of allylic oxidation sites excluding steroid dienone is 1. The molecule has 5 fully saturated rings. The molecule has 0 amide bonds. The summed E-state index contributed by atoms with van der Waals surface area (Å²) >= 11 is 0. The third-order valence-electron chi connectivity index (χ3n) is 13.1. The van der Waals surface area contributed by atoms with Gasteiger partial charge in [0.2, 0.25) is 0 Å². The summed E-state index contributed by atoms with van der Waals surface area (Å²) in [5.41, 5.74) is 0.839. The summed E-state index contributed by atoms with van der Waals surface area (Å²) in [6.45, 7) is 8.54. The van der Waals surface area contributed by atoms with E-state index < -0.39 is 55.6 Å². The van der Waals surface area contributed by atoms with Crippen LogP contribution in [0.4, 0.5) is 0 Å². The SMILES string of the molecule is CC1=C(CC[C@@H](C)CO[C@@H]2O[C@H](CO)[C@@H](O)[C@H](O)[C@H]2O)OC2C[C@H]3[C@@H]4CC[C@@H]5C[C@@H](O)C[C@@H](O)[C@]5(C)[C@H]4[C@H](O)C[C@]3(C)[C@@H]12. The summed E-state index contributed by atoms with van der Waals surface area (Å²) in [5, 5.41) is 73.1. The first-order chi connectivity index (χ1) is 20.3. The summed E-state index contributed by atoms with van der Waals surface area (Å²) in [6.07, 6.45) is -1.48. The van der Waals surface area contributed by atoms with Crippen molar-refractivity contribution in [3.05, 3.63) is 11.3 Å². The Kier molecular flexibility index (Phi) is 8.79. The summed E-state index contributed by atoms with van der Waals surface area (Å²) in [5.74, 6) is 2.43. The van der Waals surface area contributed by atoms with Crippen LogP contribution in [-0.4, -0.2) is 104 Å². The van der Waals surface area contributed by atoms with Crippen LogP contribution in [0.5, 0.6) is 0 Å². The first-order valence-electron chi connectivity index (χ1n) is 16.6. The van der Waals surface area contributed by atoms with Crippen LogP contribution in [0.25, 0.3) is 0 Å². The van der Waals surface area contributed by atoms with Crippen LogP contribution in [0.3, 0.4) is 0 Å². The molecule has 2 aliphatic heterocycles. The van der Waals surface area contributed by atoms with Gasteiger partial charge < -0.3 is 50.0 Å². The molecule has 0 bridgehead atoms. The zero-order chi connectivity index (χ0) is 31.0. The molecule has 0 radical (unpaired) electrons. The van der Waals surface area contributed by atoms with Crippen molar-refractivity contribution in [2.24, 2.45) is 46.3 Å². The molecule has 10 nitrogen and oxygen atoms in total. The molecule has 6 aliphatic rings. The molecular weight excluding hydrogens is 556 g/mol. The molecule has 43 heavy (non-hydrogen) atoms. The van der Waals surface area contributed by atoms with Gasteiger partial charge in [-0.05, 0) is 92.4 Å². The molecule has 0 spiro atoms. The average molecular weight is 611 g/mol. The molecule has 4 aliphatic carbocycles. The Hall–Kier alpha value is -0.820. The molecule has 4 saturated carbocycles. The van der Waals surface area contributed by atoms with Gasteiger partial charge in [-0.25, -0.2) is 0 Å². The molecule has 7 N–H and O–H groups in total. The minimum Gasteiger partial charge on any atom is -0.494 e. The summed E-state index contributed by atoms with van der Waals surface area (Å²) < 4.78 is 17.9. The van der Waals surface area contributed by atoms with Gasteiger partial charge in [-0.3, -0.25) is 0 Å². The molecule has 0 aromatic heterocycles. The van der Waals surface area contributed by atoms with Gasteiger partial charge >= 0.3 is 0 Å². The lowest BCUT2D eigenvalue weighted by Crippen LogP contribution is -2.63. The summed E-state index contributed by atoms with van der Waals surface area (Å²) in [7, 11) is 0. The monoisotopic (exact) mass is 610 g/mol. The summed E-state index contributed by atoms with van der Waals surface area (Å²) in [4.78, 5) is 0. The lowest BCUT2D eigenvalue weighted by Gasteiger charge is -2.63. The molecule has 10 heteroatoms. The Balaban J connectivity index is 1.09. The van der Waals surface area contributed by atoms with E-state index in [1.54, 1.807) is 0 Å². The lowest BCUT2D eigenvalue weighted by molar-refractivity contribution is -0.303. The van der Waals surface area contributed by atoms with Gasteiger partial charge in [0.25, 0.3) is 0 Å². The predicted molar refractivity (Wildman–Crippen MR) is 155 cm³/mol. The van der Waals surface area contributed by atoms with Crippen molar-refractivity contribution >= 4 is 0 Å². The average Bonchev–Trinajstić information content (AvgIpc) is 3.43. The van der Waals surface area contributed by atoms with Crippen molar-refractivity contribution in [3.8, 4) is 0 Å². The lowest BCUT2D eigenvalue weighted by atomic mass is 9.43. The van der Waals surface area contributed by atoms with E-state index in [9.17, 15) is 35.7 Å². The Morgan fingerprint density at radius 1 is 0.977 bits per heavy atom. The topological polar surface area (TPSA) is 169 Å². The van der Waals surface area contributed by atoms with Crippen molar-refractivity contribution in [3.63, 3.8) is 0 Å². The molecule has 6 rings (SSSR count). The normalized spacial score (nSPS) is 53.5. The number of aliphatic hydroxyl groups excluding tert-OH is 7. The number of hydrogen-bond donors (Lipinski definition) is 7. The highest BCUT2D eigenvalue weighted by Gasteiger charge is 2.68. The number of rotatable bonds is 7. The number of ether oxygens (including phenoxy) is 3. The van der Waals surface area contributed by atoms with Gasteiger partial charge in [0.1, 0.15) is 30.5 Å². The summed E-state index contributed by atoms with van der Waals surface area (Å²) in [6, 6.07) is 0. The van der Waals surface area contributed by atoms with Gasteiger partial charge in [0.15, 0.2) is 6.29 Å². The predicted octanol–water partition coefficient (Wildman–Crippen LogP) is 1.46. The quantitative estimate of drug-likeness (QED) is 0.224. The second kappa shape index (κ2) is 11.8. The third-order valence-corrected chi connectivity index (χ3v) is 13.1. The largest absolute Gasteiger partial charge is 0.494 e. The highest BCUT2D eigenvalue weighted by atomic mass is 16.7. The second-order valence-electron chi connectivity index (χ2n) is 15.5. The molecule has 246 valence electrons. The van der Waals surface area contributed by atoms with E-state index in [0.29, 0.717) is 24.7 Å². The van der Waals surface area contributed by atoms with Crippen LogP contribution in [-0.2, 0) is 14.2 Å². The molecular formula is C33H54O10. The van der Waals surface area contributed by atoms with Crippen LogP contribution in [0, 0.1) is 46.3 Å². The van der Waals surface area contributed by atoms with Crippen molar-refractivity contribution < 1.29 is 50.0 Å². The Morgan fingerprint density at radius 3 is 2.44 bits per heavy atom. The van der Waals surface area contributed by atoms with E-state index in [1.807, 2.05) is 6.92 Å². The number of aliphatic hydroxyl groups is 7. The third kappa shape index (κ3) is 5.11. The Bertz CT molecular complexity index is 1050. The number of hydrogen-bond acceptors (Lipinski definition) is 10. The highest BCUT2D eigenvalue weighted by molar-refractivity contribution is 5.27. The van der Waals surface area contributed by atoms with E-state index in [-0.39, 0.29) is 47.2 Å². The van der Waals surface area contributed by atoms with Crippen LogP contribution >= 0.6 is 0 Å². The maximum absolute atomic E-state index is 11.8. The minimum atomic E-state index is -1.46. The fourth-order valence-corrected chi connectivity index (χ4v) is 10.9. The maximum Gasteiger partial charge on any atom is 0.186 e. The smallest absolute Gasteiger partial charge is 0.186 e. The molecule has 17 atom stereocenters. The van der Waals surface area contributed by atoms with E-state index >= 15 is 0 Å². The van der Waals surface area contributed by atoms with E-state index in [2.05, 4.69) is 20.8 Å². The molecule has 0 aromatic carbocycles. The zero-order valence-electron chi connectivity index (χ0n) is 26.1. The fourth-order valence-electron chi connectivity index (χ4n) is 10.9. The first-order valence-corrected chi connectivity index (χ1v) is 16.6. The van der Waals surface area contributed by atoms with Crippen LogP contribution in [0.15, 0.2) is 11.3 Å².